The molecule has 0 aromatic rings. The number of hydrogen-bond acceptors (Lipinski definition) is 2. The molecule has 8 bridgehead atoms. The Morgan fingerprint density at radius 1 is 0.500 bits per heavy atom. The first-order chi connectivity index (χ1) is 11.8. The number of rotatable bonds is 2. The van der Waals surface area contributed by atoms with Crippen LogP contribution in [0.15, 0.2) is 0 Å². The van der Waals surface area contributed by atoms with Crippen LogP contribution >= 0.6 is 0 Å². The molecule has 1 heterocycles. The van der Waals surface area contributed by atoms with Crippen molar-refractivity contribution in [1.29, 1.82) is 0 Å². The lowest BCUT2D eigenvalue weighted by Crippen LogP contribution is -2.69. The van der Waals surface area contributed by atoms with Crippen LogP contribution in [0.2, 0.25) is 0 Å². The van der Waals surface area contributed by atoms with E-state index in [1.54, 1.807) is 12.8 Å². The zero-order valence-corrected chi connectivity index (χ0v) is 14.9. The lowest BCUT2D eigenvalue weighted by molar-refractivity contribution is -0.514. The van der Waals surface area contributed by atoms with Gasteiger partial charge in [-0.05, 0) is 123 Å². The molecule has 9 rings (SSSR count). The van der Waals surface area contributed by atoms with Gasteiger partial charge >= 0.3 is 0 Å². The third kappa shape index (κ3) is 1.66. The summed E-state index contributed by atoms with van der Waals surface area (Å²) in [5.41, 5.74) is 0.144. The Hall–Kier alpha value is -0.0800. The fourth-order valence-corrected chi connectivity index (χ4v) is 10.2. The Bertz CT molecular complexity index is 450. The van der Waals surface area contributed by atoms with Crippen LogP contribution in [0.5, 0.6) is 0 Å². The maximum absolute atomic E-state index is 6.27. The lowest BCUT2D eigenvalue weighted by Gasteiger charge is -2.67. The van der Waals surface area contributed by atoms with E-state index >= 15 is 0 Å². The molecule has 132 valence electrons. The predicted octanol–water partition coefficient (Wildman–Crippen LogP) is 4.83. The molecule has 0 N–H and O–H groups in total. The summed E-state index contributed by atoms with van der Waals surface area (Å²) in [6.45, 7) is 0.938. The highest BCUT2D eigenvalue weighted by molar-refractivity contribution is 5.13. The summed E-state index contributed by atoms with van der Waals surface area (Å²) in [7, 11) is 0. The summed E-state index contributed by atoms with van der Waals surface area (Å²) in [6.07, 6.45) is 15.3. The van der Waals surface area contributed by atoms with Gasteiger partial charge in [0.15, 0.2) is 0 Å². The van der Waals surface area contributed by atoms with Crippen LogP contribution in [0.4, 0.5) is 0 Å². The predicted molar refractivity (Wildman–Crippen MR) is 90.8 cm³/mol. The molecule has 0 aromatic heterocycles. The zero-order chi connectivity index (χ0) is 15.5. The highest BCUT2D eigenvalue weighted by atomic mass is 17.2. The molecule has 0 spiro atoms. The second kappa shape index (κ2) is 4.60. The van der Waals surface area contributed by atoms with E-state index in [0.29, 0.717) is 0 Å². The second-order valence-electron chi connectivity index (χ2n) is 11.2. The molecule has 1 saturated heterocycles. The Morgan fingerprint density at radius 2 is 0.833 bits per heavy atom. The van der Waals surface area contributed by atoms with Crippen LogP contribution in [-0.4, -0.2) is 12.2 Å². The van der Waals surface area contributed by atoms with Gasteiger partial charge in [-0.25, -0.2) is 9.78 Å². The molecule has 24 heavy (non-hydrogen) atoms. The van der Waals surface area contributed by atoms with Gasteiger partial charge in [0.25, 0.3) is 0 Å². The third-order valence-electron chi connectivity index (χ3n) is 10.1. The smallest absolute Gasteiger partial charge is 0.136 e. The van der Waals surface area contributed by atoms with Crippen molar-refractivity contribution in [1.82, 2.24) is 0 Å². The average Bonchev–Trinajstić information content (AvgIpc) is 2.49. The van der Waals surface area contributed by atoms with Crippen molar-refractivity contribution >= 4 is 0 Å². The number of hydrogen-bond donors (Lipinski definition) is 0. The molecule has 2 heteroatoms. The maximum Gasteiger partial charge on any atom is 0.136 e. The quantitative estimate of drug-likeness (QED) is 0.676. The van der Waals surface area contributed by atoms with Gasteiger partial charge in [0.05, 0.1) is 0 Å². The maximum atomic E-state index is 6.27. The van der Waals surface area contributed by atoms with Crippen LogP contribution in [-0.2, 0) is 9.78 Å². The van der Waals surface area contributed by atoms with Crippen molar-refractivity contribution in [2.45, 2.75) is 69.8 Å². The van der Waals surface area contributed by atoms with Crippen molar-refractivity contribution in [2.75, 3.05) is 6.61 Å². The summed E-state index contributed by atoms with van der Waals surface area (Å²) in [5, 5.41) is 0. The molecule has 0 radical (unpaired) electrons. The fraction of sp³-hybridized carbons (Fsp3) is 1.00. The summed E-state index contributed by atoms with van der Waals surface area (Å²) in [6, 6.07) is 0. The molecule has 9 fully saturated rings. The lowest BCUT2D eigenvalue weighted by atomic mass is 9.42. The van der Waals surface area contributed by atoms with Gasteiger partial charge in [0.2, 0.25) is 0 Å². The standard InChI is InChI=1S/C22H32O2/c1-12-3-16-5-13(1)6-17(4-12)20(16)22(11-23-24-22)21-18-7-14-2-15(9-18)10-19(21)8-14/h12-21H,1-11H2. The van der Waals surface area contributed by atoms with E-state index in [-0.39, 0.29) is 5.60 Å². The second-order valence-corrected chi connectivity index (χ2v) is 11.2. The largest absolute Gasteiger partial charge is 0.233 e. The van der Waals surface area contributed by atoms with E-state index in [4.69, 9.17) is 9.78 Å². The monoisotopic (exact) mass is 328 g/mol. The summed E-state index contributed by atoms with van der Waals surface area (Å²) >= 11 is 0. The van der Waals surface area contributed by atoms with Gasteiger partial charge < -0.3 is 0 Å². The SMILES string of the molecule is C1C2CC3CC1CC(C2)C3C1(C2C3CC4CC(C3)CC2C4)COO1. The molecule has 1 aliphatic heterocycles. The van der Waals surface area contributed by atoms with Gasteiger partial charge in [-0.1, -0.05) is 0 Å². The normalized spacial score (nSPS) is 66.0. The van der Waals surface area contributed by atoms with Gasteiger partial charge in [-0.3, -0.25) is 0 Å². The molecule has 0 unspecified atom stereocenters. The minimum absolute atomic E-state index is 0.144. The molecule has 0 aromatic carbocycles. The summed E-state index contributed by atoms with van der Waals surface area (Å²) in [5.74, 6) is 9.87. The first kappa shape index (κ1) is 14.0. The van der Waals surface area contributed by atoms with E-state index in [2.05, 4.69) is 0 Å². The van der Waals surface area contributed by atoms with Gasteiger partial charge in [-0.15, -0.1) is 0 Å². The van der Waals surface area contributed by atoms with Crippen LogP contribution in [0.1, 0.15) is 64.2 Å². The minimum atomic E-state index is 0.144. The third-order valence-corrected chi connectivity index (χ3v) is 10.1. The van der Waals surface area contributed by atoms with E-state index in [1.807, 2.05) is 0 Å². The highest BCUT2D eigenvalue weighted by Gasteiger charge is 2.67. The Labute approximate surface area is 146 Å². The highest BCUT2D eigenvalue weighted by Crippen LogP contribution is 2.67. The molecule has 8 aliphatic carbocycles. The van der Waals surface area contributed by atoms with Crippen molar-refractivity contribution in [2.24, 2.45) is 59.2 Å². The molecule has 9 aliphatic rings. The molecule has 2 nitrogen and oxygen atoms in total. The van der Waals surface area contributed by atoms with Crippen molar-refractivity contribution in [3.8, 4) is 0 Å². The average molecular weight is 328 g/mol. The van der Waals surface area contributed by atoms with Crippen molar-refractivity contribution < 1.29 is 9.78 Å². The molecule has 0 atom stereocenters. The van der Waals surface area contributed by atoms with E-state index in [9.17, 15) is 0 Å². The Kier molecular flexibility index (Phi) is 2.69. The van der Waals surface area contributed by atoms with Crippen LogP contribution in [0.25, 0.3) is 0 Å². The van der Waals surface area contributed by atoms with E-state index in [1.165, 1.54) is 51.4 Å². The first-order valence-corrected chi connectivity index (χ1v) is 11.1. The first-order valence-electron chi connectivity index (χ1n) is 11.1. The molecular weight excluding hydrogens is 296 g/mol. The summed E-state index contributed by atoms with van der Waals surface area (Å²) < 4.78 is 0. The minimum Gasteiger partial charge on any atom is -0.233 e. The zero-order valence-electron chi connectivity index (χ0n) is 14.9. The Balaban J connectivity index is 1.27. The fourth-order valence-electron chi connectivity index (χ4n) is 10.2. The molecule has 8 saturated carbocycles. The van der Waals surface area contributed by atoms with Gasteiger partial charge in [0, 0.05) is 0 Å². The van der Waals surface area contributed by atoms with Crippen molar-refractivity contribution in [3.63, 3.8) is 0 Å². The molecular formula is C22H32O2. The van der Waals surface area contributed by atoms with Crippen molar-refractivity contribution in [3.05, 3.63) is 0 Å². The van der Waals surface area contributed by atoms with Crippen LogP contribution in [0.3, 0.4) is 0 Å². The molecule has 0 amide bonds. The van der Waals surface area contributed by atoms with E-state index < -0.39 is 0 Å². The van der Waals surface area contributed by atoms with Gasteiger partial charge in [0.1, 0.15) is 12.2 Å². The summed E-state index contributed by atoms with van der Waals surface area (Å²) in [4.78, 5) is 11.8. The topological polar surface area (TPSA) is 18.5 Å². The van der Waals surface area contributed by atoms with Crippen LogP contribution < -0.4 is 0 Å². The van der Waals surface area contributed by atoms with Gasteiger partial charge in [-0.2, -0.15) is 0 Å². The van der Waals surface area contributed by atoms with E-state index in [0.717, 1.165) is 65.8 Å². The van der Waals surface area contributed by atoms with Crippen LogP contribution in [0, 0.1) is 59.2 Å². The Morgan fingerprint density at radius 3 is 1.08 bits per heavy atom.